The summed E-state index contributed by atoms with van der Waals surface area (Å²) < 4.78 is 0. The Bertz CT molecular complexity index is 2010. The van der Waals surface area contributed by atoms with Crippen molar-refractivity contribution < 1.29 is 0 Å². The maximum atomic E-state index is 2.45. The number of para-hydroxylation sites is 1. The molecule has 0 atom stereocenters. The van der Waals surface area contributed by atoms with E-state index in [1.54, 1.807) is 0 Å². The van der Waals surface area contributed by atoms with Gasteiger partial charge in [0.05, 0.1) is 16.8 Å². The molecule has 0 fully saturated rings. The highest BCUT2D eigenvalue weighted by Crippen LogP contribution is 2.59. The Morgan fingerprint density at radius 1 is 0.419 bits per heavy atom. The first kappa shape index (κ1) is 25.6. The standard InChI is InChI=1S/C41H29NS/c1-4-18-31(19-5-1)41(32-20-6-2-7-21-32)35-25-12-13-29-39(35)43-40-36(41)26-15-28-38(40)42(33-22-8-3-9-23-33)37-27-14-17-30-16-10-11-24-34(30)37/h1-29H. The lowest BCUT2D eigenvalue weighted by molar-refractivity contribution is 0.703. The molecule has 0 radical (unpaired) electrons. The summed E-state index contributed by atoms with van der Waals surface area (Å²) in [6.45, 7) is 0. The molecule has 0 saturated carbocycles. The van der Waals surface area contributed by atoms with Crippen molar-refractivity contribution in [2.45, 2.75) is 15.2 Å². The minimum absolute atomic E-state index is 0.475. The quantitative estimate of drug-likeness (QED) is 0.203. The van der Waals surface area contributed by atoms with Gasteiger partial charge in [-0.05, 0) is 58.0 Å². The summed E-state index contributed by atoms with van der Waals surface area (Å²) in [4.78, 5) is 5.00. The van der Waals surface area contributed by atoms with E-state index in [0.29, 0.717) is 0 Å². The summed E-state index contributed by atoms with van der Waals surface area (Å²) in [5.41, 5.74) is 8.16. The van der Waals surface area contributed by atoms with Crippen LogP contribution in [0.1, 0.15) is 22.3 Å². The average molecular weight is 568 g/mol. The highest BCUT2D eigenvalue weighted by atomic mass is 32.2. The highest BCUT2D eigenvalue weighted by molar-refractivity contribution is 7.99. The Labute approximate surface area is 257 Å². The number of fused-ring (bicyclic) bond motifs is 3. The van der Waals surface area contributed by atoms with Crippen molar-refractivity contribution in [3.8, 4) is 0 Å². The van der Waals surface area contributed by atoms with E-state index in [1.165, 1.54) is 54.2 Å². The second-order valence-corrected chi connectivity index (χ2v) is 12.0. The fourth-order valence-electron chi connectivity index (χ4n) is 6.78. The van der Waals surface area contributed by atoms with Crippen molar-refractivity contribution in [2.75, 3.05) is 4.90 Å². The van der Waals surface area contributed by atoms with Gasteiger partial charge in [0.25, 0.3) is 0 Å². The number of benzene rings is 7. The third-order valence-corrected chi connectivity index (χ3v) is 9.79. The van der Waals surface area contributed by atoms with E-state index in [-0.39, 0.29) is 0 Å². The topological polar surface area (TPSA) is 3.24 Å². The van der Waals surface area contributed by atoms with Gasteiger partial charge in [0, 0.05) is 20.9 Å². The van der Waals surface area contributed by atoms with Gasteiger partial charge < -0.3 is 4.90 Å². The van der Waals surface area contributed by atoms with Gasteiger partial charge in [-0.15, -0.1) is 0 Å². The first-order valence-electron chi connectivity index (χ1n) is 14.7. The summed E-state index contributed by atoms with van der Waals surface area (Å²) in [5.74, 6) is 0. The summed E-state index contributed by atoms with van der Waals surface area (Å²) in [5, 5.41) is 2.46. The summed E-state index contributed by atoms with van der Waals surface area (Å²) >= 11 is 1.88. The number of anilines is 3. The molecule has 204 valence electrons. The lowest BCUT2D eigenvalue weighted by atomic mass is 9.64. The van der Waals surface area contributed by atoms with E-state index in [2.05, 4.69) is 181 Å². The molecule has 1 heterocycles. The summed E-state index contributed by atoms with van der Waals surface area (Å²) in [6, 6.07) is 63.9. The maximum absolute atomic E-state index is 2.45. The van der Waals surface area contributed by atoms with E-state index >= 15 is 0 Å². The van der Waals surface area contributed by atoms with Crippen LogP contribution < -0.4 is 4.90 Å². The fraction of sp³-hybridized carbons (Fsp3) is 0.0244. The average Bonchev–Trinajstić information content (AvgIpc) is 3.09. The van der Waals surface area contributed by atoms with Gasteiger partial charge >= 0.3 is 0 Å². The zero-order valence-electron chi connectivity index (χ0n) is 23.6. The molecule has 0 aliphatic carbocycles. The Balaban J connectivity index is 1.49. The predicted octanol–water partition coefficient (Wildman–Crippen LogP) is 11.2. The van der Waals surface area contributed by atoms with Crippen LogP contribution >= 0.6 is 11.8 Å². The van der Waals surface area contributed by atoms with Gasteiger partial charge in [-0.25, -0.2) is 0 Å². The van der Waals surface area contributed by atoms with E-state index in [9.17, 15) is 0 Å². The van der Waals surface area contributed by atoms with E-state index in [1.807, 2.05) is 11.8 Å². The van der Waals surface area contributed by atoms with Gasteiger partial charge in [-0.2, -0.15) is 0 Å². The Morgan fingerprint density at radius 2 is 0.953 bits per heavy atom. The smallest absolute Gasteiger partial charge is 0.0724 e. The number of hydrogen-bond donors (Lipinski definition) is 0. The minimum atomic E-state index is -0.475. The molecule has 0 aromatic heterocycles. The first-order valence-corrected chi connectivity index (χ1v) is 15.5. The predicted molar refractivity (Wildman–Crippen MR) is 181 cm³/mol. The second-order valence-electron chi connectivity index (χ2n) is 10.9. The van der Waals surface area contributed by atoms with Crippen molar-refractivity contribution in [1.29, 1.82) is 0 Å². The van der Waals surface area contributed by atoms with Crippen LogP contribution in [0, 0.1) is 0 Å². The van der Waals surface area contributed by atoms with Crippen LogP contribution in [0.15, 0.2) is 186 Å². The number of hydrogen-bond acceptors (Lipinski definition) is 2. The Morgan fingerprint density at radius 3 is 1.70 bits per heavy atom. The van der Waals surface area contributed by atoms with Crippen molar-refractivity contribution in [3.05, 3.63) is 198 Å². The summed E-state index contributed by atoms with van der Waals surface area (Å²) in [6.07, 6.45) is 0. The van der Waals surface area contributed by atoms with Crippen LogP contribution in [0.3, 0.4) is 0 Å². The SMILES string of the molecule is c1ccc(N(c2cccc3c2Sc2ccccc2C3(c2ccccc2)c2ccccc2)c2cccc3ccccc23)cc1. The molecular formula is C41H29NS. The molecule has 0 N–H and O–H groups in total. The molecule has 1 nitrogen and oxygen atoms in total. The van der Waals surface area contributed by atoms with Gasteiger partial charge in [-0.3, -0.25) is 0 Å². The lowest BCUT2D eigenvalue weighted by Gasteiger charge is -2.43. The largest absolute Gasteiger partial charge is 0.309 e. The second kappa shape index (κ2) is 10.7. The van der Waals surface area contributed by atoms with Crippen molar-refractivity contribution in [3.63, 3.8) is 0 Å². The van der Waals surface area contributed by atoms with Crippen LogP contribution in [0.2, 0.25) is 0 Å². The highest BCUT2D eigenvalue weighted by Gasteiger charge is 2.45. The molecule has 0 saturated heterocycles. The molecule has 2 heteroatoms. The number of rotatable bonds is 5. The van der Waals surface area contributed by atoms with E-state index < -0.39 is 5.41 Å². The summed E-state index contributed by atoms with van der Waals surface area (Å²) in [7, 11) is 0. The van der Waals surface area contributed by atoms with Crippen molar-refractivity contribution >= 4 is 39.6 Å². The molecule has 1 aliphatic heterocycles. The van der Waals surface area contributed by atoms with E-state index in [0.717, 1.165) is 5.69 Å². The monoisotopic (exact) mass is 567 g/mol. The molecule has 43 heavy (non-hydrogen) atoms. The fourth-order valence-corrected chi connectivity index (χ4v) is 8.07. The Hall–Kier alpha value is -5.05. The van der Waals surface area contributed by atoms with Crippen LogP contribution in [-0.2, 0) is 5.41 Å². The molecule has 0 bridgehead atoms. The molecular weight excluding hydrogens is 539 g/mol. The van der Waals surface area contributed by atoms with Crippen LogP contribution in [0.4, 0.5) is 17.1 Å². The number of nitrogens with zero attached hydrogens (tertiary/aromatic N) is 1. The van der Waals surface area contributed by atoms with E-state index in [4.69, 9.17) is 0 Å². The molecule has 7 aromatic rings. The van der Waals surface area contributed by atoms with Gasteiger partial charge in [-0.1, -0.05) is 157 Å². The van der Waals surface area contributed by atoms with Gasteiger partial charge in [0.15, 0.2) is 0 Å². The first-order chi connectivity index (χ1) is 21.4. The van der Waals surface area contributed by atoms with Crippen molar-refractivity contribution in [2.24, 2.45) is 0 Å². The molecule has 0 spiro atoms. The zero-order valence-corrected chi connectivity index (χ0v) is 24.4. The molecule has 0 amide bonds. The molecule has 0 unspecified atom stereocenters. The molecule has 8 rings (SSSR count). The van der Waals surface area contributed by atoms with Crippen LogP contribution in [0.5, 0.6) is 0 Å². The normalized spacial score (nSPS) is 13.2. The van der Waals surface area contributed by atoms with Crippen LogP contribution in [-0.4, -0.2) is 0 Å². The third kappa shape index (κ3) is 4.10. The van der Waals surface area contributed by atoms with Gasteiger partial charge in [0.2, 0.25) is 0 Å². The van der Waals surface area contributed by atoms with Crippen molar-refractivity contribution in [1.82, 2.24) is 0 Å². The third-order valence-electron chi connectivity index (χ3n) is 8.58. The Kier molecular flexibility index (Phi) is 6.35. The maximum Gasteiger partial charge on any atom is 0.0724 e. The molecule has 7 aromatic carbocycles. The van der Waals surface area contributed by atoms with Crippen LogP contribution in [0.25, 0.3) is 10.8 Å². The minimum Gasteiger partial charge on any atom is -0.309 e. The zero-order chi connectivity index (χ0) is 28.6. The van der Waals surface area contributed by atoms with Gasteiger partial charge in [0.1, 0.15) is 0 Å². The molecule has 1 aliphatic rings. The lowest BCUT2D eigenvalue weighted by Crippen LogP contribution is -2.34.